The van der Waals surface area contributed by atoms with E-state index in [0.717, 1.165) is 22.7 Å². The largest absolute Gasteiger partial charge is 0.574 e. The normalized spacial score (nSPS) is 17.6. The maximum Gasteiger partial charge on any atom is 0.574 e. The highest BCUT2D eigenvalue weighted by molar-refractivity contribution is 6.51. The first-order chi connectivity index (χ1) is 17.0. The third-order valence-corrected chi connectivity index (χ3v) is 5.50. The first kappa shape index (κ1) is 24.8. The Bertz CT molecular complexity index is 1320. The van der Waals surface area contributed by atoms with Gasteiger partial charge in [-0.2, -0.15) is 0 Å². The molecule has 0 radical (unpaired) electrons. The minimum absolute atomic E-state index is 0.0856. The van der Waals surface area contributed by atoms with Crippen molar-refractivity contribution in [2.75, 3.05) is 4.90 Å². The fourth-order valence-corrected chi connectivity index (χ4v) is 3.73. The molecule has 1 amide bonds. The maximum absolute atomic E-state index is 13.1. The second kappa shape index (κ2) is 9.36. The molecule has 1 saturated heterocycles. The number of halogens is 3. The Morgan fingerprint density at radius 2 is 1.72 bits per heavy atom. The molecule has 4 rings (SSSR count). The van der Waals surface area contributed by atoms with Crippen LogP contribution in [0.2, 0.25) is 0 Å². The second-order valence-electron chi connectivity index (χ2n) is 8.29. The van der Waals surface area contributed by atoms with Gasteiger partial charge in [-0.25, -0.2) is 9.97 Å². The van der Waals surface area contributed by atoms with E-state index < -0.39 is 35.7 Å². The number of aromatic nitrogens is 4. The van der Waals surface area contributed by atoms with Crippen molar-refractivity contribution in [3.8, 4) is 5.88 Å². The van der Waals surface area contributed by atoms with Crippen LogP contribution in [0.3, 0.4) is 0 Å². The Labute approximate surface area is 203 Å². The molecule has 0 saturated carbocycles. The molecule has 0 spiro atoms. The van der Waals surface area contributed by atoms with Gasteiger partial charge in [0, 0.05) is 17.8 Å². The lowest BCUT2D eigenvalue weighted by Gasteiger charge is -2.23. The topological polar surface area (TPSA) is 118 Å². The van der Waals surface area contributed by atoms with Gasteiger partial charge in [0.15, 0.2) is 5.82 Å². The quantitative estimate of drug-likeness (QED) is 0.315. The van der Waals surface area contributed by atoms with Crippen molar-refractivity contribution in [3.05, 3.63) is 76.9 Å². The monoisotopic (exact) mass is 499 g/mol. The van der Waals surface area contributed by atoms with E-state index in [1.54, 1.807) is 31.2 Å². The van der Waals surface area contributed by atoms with E-state index >= 15 is 0 Å². The Kier molecular flexibility index (Phi) is 6.44. The predicted molar refractivity (Wildman–Crippen MR) is 121 cm³/mol. The molecule has 1 aliphatic heterocycles. The number of alkyl halides is 3. The number of aliphatic hydroxyl groups excluding tert-OH is 1. The van der Waals surface area contributed by atoms with E-state index in [4.69, 9.17) is 0 Å². The average Bonchev–Trinajstić information content (AvgIpc) is 3.09. The van der Waals surface area contributed by atoms with E-state index in [9.17, 15) is 27.9 Å². The molecule has 0 aliphatic carbocycles. The molecule has 186 valence electrons. The summed E-state index contributed by atoms with van der Waals surface area (Å²) in [6, 6.07) is 7.68. The number of carbonyl (C=O) groups is 2. The lowest BCUT2D eigenvalue weighted by Crippen LogP contribution is -2.30. The van der Waals surface area contributed by atoms with Gasteiger partial charge >= 0.3 is 12.3 Å². The third kappa shape index (κ3) is 4.88. The van der Waals surface area contributed by atoms with Crippen molar-refractivity contribution >= 4 is 23.3 Å². The highest BCUT2D eigenvalue weighted by Crippen LogP contribution is 2.41. The molecule has 1 atom stereocenters. The Morgan fingerprint density at radius 3 is 2.25 bits per heavy atom. The van der Waals surface area contributed by atoms with Crippen LogP contribution in [-0.2, 0) is 9.59 Å². The smallest absolute Gasteiger partial charge is 0.507 e. The van der Waals surface area contributed by atoms with Crippen LogP contribution < -0.4 is 9.64 Å². The predicted octanol–water partition coefficient (Wildman–Crippen LogP) is 4.22. The minimum atomic E-state index is -4.95. The third-order valence-electron chi connectivity index (χ3n) is 5.50. The lowest BCUT2D eigenvalue weighted by molar-refractivity contribution is -0.276. The highest BCUT2D eigenvalue weighted by atomic mass is 19.4. The maximum atomic E-state index is 13.1. The van der Waals surface area contributed by atoms with Crippen LogP contribution in [0.5, 0.6) is 5.88 Å². The fourth-order valence-electron chi connectivity index (χ4n) is 3.73. The Balaban J connectivity index is 1.85. The molecule has 9 nitrogen and oxygen atoms in total. The summed E-state index contributed by atoms with van der Waals surface area (Å²) in [5.74, 6) is -2.77. The van der Waals surface area contributed by atoms with Gasteiger partial charge in [-0.1, -0.05) is 38.1 Å². The number of carbonyl (C=O) groups excluding carboxylic acids is 2. The number of hydrogen-bond donors (Lipinski definition) is 1. The van der Waals surface area contributed by atoms with E-state index in [0.29, 0.717) is 5.82 Å². The first-order valence-electron chi connectivity index (χ1n) is 10.8. The van der Waals surface area contributed by atoms with Crippen LogP contribution in [-0.4, -0.2) is 43.3 Å². The molecule has 36 heavy (non-hydrogen) atoms. The molecular formula is C24H20F3N5O4. The van der Waals surface area contributed by atoms with Crippen LogP contribution in [0.15, 0.2) is 54.4 Å². The average molecular weight is 499 g/mol. The standard InChI is InChI=1S/C24H20F3N5O4/c1-12(2)14-4-6-15(7-5-14)21(33)19-20(16-8-9-18(29-10-16)36-24(25,26)27)32(23(35)22(19)34)17-11-28-13(3)30-31-17/h4-12,20,33H,1-3H3. The van der Waals surface area contributed by atoms with E-state index in [-0.39, 0.29) is 28.4 Å². The van der Waals surface area contributed by atoms with E-state index in [2.05, 4.69) is 24.9 Å². The number of hydrogen-bond acceptors (Lipinski definition) is 8. The number of benzene rings is 1. The summed E-state index contributed by atoms with van der Waals surface area (Å²) >= 11 is 0. The number of ether oxygens (including phenoxy) is 1. The van der Waals surface area contributed by atoms with Gasteiger partial charge in [0.2, 0.25) is 5.88 Å². The summed E-state index contributed by atoms with van der Waals surface area (Å²) in [5.41, 5.74) is 1.12. The summed E-state index contributed by atoms with van der Waals surface area (Å²) in [4.78, 5) is 34.8. The molecular weight excluding hydrogens is 479 g/mol. The highest BCUT2D eigenvalue weighted by Gasteiger charge is 2.48. The number of Topliss-reactive ketones (excluding diaryl/α,β-unsaturated/α-hetero) is 1. The van der Waals surface area contributed by atoms with Crippen molar-refractivity contribution in [1.29, 1.82) is 0 Å². The van der Waals surface area contributed by atoms with Gasteiger partial charge in [0.05, 0.1) is 17.8 Å². The number of amides is 1. The second-order valence-corrected chi connectivity index (χ2v) is 8.29. The van der Waals surface area contributed by atoms with Crippen LogP contribution in [0.25, 0.3) is 5.76 Å². The van der Waals surface area contributed by atoms with Crippen molar-refractivity contribution in [3.63, 3.8) is 0 Å². The SMILES string of the molecule is Cc1ncc(N2C(=O)C(=O)C(=C(O)c3ccc(C(C)C)cc3)C2c2ccc(OC(F)(F)F)nc2)nn1. The molecule has 1 unspecified atom stereocenters. The van der Waals surface area contributed by atoms with Crippen molar-refractivity contribution in [2.24, 2.45) is 0 Å². The lowest BCUT2D eigenvalue weighted by atomic mass is 9.95. The number of aliphatic hydroxyl groups is 1. The van der Waals surface area contributed by atoms with E-state index in [1.165, 1.54) is 12.3 Å². The molecule has 1 N–H and O–H groups in total. The Morgan fingerprint density at radius 1 is 1.03 bits per heavy atom. The summed E-state index contributed by atoms with van der Waals surface area (Å²) in [5, 5.41) is 18.9. The summed E-state index contributed by atoms with van der Waals surface area (Å²) in [6.07, 6.45) is -2.70. The van der Waals surface area contributed by atoms with Crippen LogP contribution in [0.1, 0.15) is 48.3 Å². The minimum Gasteiger partial charge on any atom is -0.507 e. The van der Waals surface area contributed by atoms with Gasteiger partial charge in [-0.05, 0) is 30.0 Å². The van der Waals surface area contributed by atoms with Gasteiger partial charge < -0.3 is 9.84 Å². The zero-order valence-electron chi connectivity index (χ0n) is 19.3. The number of anilines is 1. The number of pyridine rings is 1. The molecule has 3 heterocycles. The molecule has 12 heteroatoms. The number of aryl methyl sites for hydroxylation is 1. The van der Waals surface area contributed by atoms with Gasteiger partial charge in [0.1, 0.15) is 11.6 Å². The summed E-state index contributed by atoms with van der Waals surface area (Å²) in [7, 11) is 0. The van der Waals surface area contributed by atoms with Crippen molar-refractivity contribution in [2.45, 2.75) is 39.1 Å². The van der Waals surface area contributed by atoms with Crippen LogP contribution in [0, 0.1) is 6.92 Å². The summed E-state index contributed by atoms with van der Waals surface area (Å²) < 4.78 is 41.5. The zero-order valence-corrected chi connectivity index (χ0v) is 19.3. The molecule has 1 aromatic carbocycles. The van der Waals surface area contributed by atoms with Crippen LogP contribution >= 0.6 is 0 Å². The Hall–Kier alpha value is -4.35. The molecule has 2 aromatic heterocycles. The number of nitrogens with zero attached hydrogens (tertiary/aromatic N) is 5. The number of rotatable bonds is 5. The first-order valence-corrected chi connectivity index (χ1v) is 10.8. The van der Waals surface area contributed by atoms with E-state index in [1.807, 2.05) is 13.8 Å². The van der Waals surface area contributed by atoms with Gasteiger partial charge in [0.25, 0.3) is 5.78 Å². The fraction of sp³-hybridized carbons (Fsp3) is 0.250. The zero-order chi connectivity index (χ0) is 26.2. The van der Waals surface area contributed by atoms with Crippen molar-refractivity contribution in [1.82, 2.24) is 20.2 Å². The van der Waals surface area contributed by atoms with Crippen LogP contribution in [0.4, 0.5) is 19.0 Å². The summed E-state index contributed by atoms with van der Waals surface area (Å²) in [6.45, 7) is 5.57. The molecule has 0 bridgehead atoms. The van der Waals surface area contributed by atoms with Gasteiger partial charge in [-0.3, -0.25) is 14.5 Å². The molecule has 3 aromatic rings. The van der Waals surface area contributed by atoms with Gasteiger partial charge in [-0.15, -0.1) is 23.4 Å². The molecule has 1 fully saturated rings. The number of ketones is 1. The molecule has 1 aliphatic rings. The van der Waals surface area contributed by atoms with Crippen molar-refractivity contribution < 1.29 is 32.6 Å².